The zero-order chi connectivity index (χ0) is 20.2. The maximum atomic E-state index is 12.9. The van der Waals surface area contributed by atoms with E-state index in [1.807, 2.05) is 18.2 Å². The Kier molecular flexibility index (Phi) is 6.10. The highest BCUT2D eigenvalue weighted by Gasteiger charge is 2.46. The Hall–Kier alpha value is -2.32. The highest BCUT2D eigenvalue weighted by molar-refractivity contribution is 5.38. The van der Waals surface area contributed by atoms with Gasteiger partial charge in [0.05, 0.1) is 17.0 Å². The number of nitriles is 1. The topological polar surface area (TPSA) is 27.0 Å². The van der Waals surface area contributed by atoms with Crippen molar-refractivity contribution >= 4 is 0 Å². The van der Waals surface area contributed by atoms with E-state index in [1.165, 1.54) is 17.7 Å². The van der Waals surface area contributed by atoms with Crippen molar-refractivity contribution in [3.8, 4) is 6.07 Å². The van der Waals surface area contributed by atoms with E-state index in [1.54, 1.807) is 0 Å². The van der Waals surface area contributed by atoms with Gasteiger partial charge < -0.3 is 4.90 Å². The van der Waals surface area contributed by atoms with Gasteiger partial charge >= 0.3 is 6.18 Å². The Morgan fingerprint density at radius 3 is 2.14 bits per heavy atom. The van der Waals surface area contributed by atoms with Crippen LogP contribution >= 0.6 is 0 Å². The van der Waals surface area contributed by atoms with Crippen molar-refractivity contribution in [3.63, 3.8) is 0 Å². The van der Waals surface area contributed by atoms with Crippen LogP contribution in [0.3, 0.4) is 0 Å². The predicted molar refractivity (Wildman–Crippen MR) is 103 cm³/mol. The molecule has 1 unspecified atom stereocenters. The van der Waals surface area contributed by atoms with E-state index in [4.69, 9.17) is 0 Å². The Labute approximate surface area is 164 Å². The molecule has 1 fully saturated rings. The number of nitrogens with zero attached hydrogens (tertiary/aromatic N) is 2. The van der Waals surface area contributed by atoms with Gasteiger partial charge in [-0.3, -0.25) is 0 Å². The lowest BCUT2D eigenvalue weighted by molar-refractivity contribution is -0.137. The first kappa shape index (κ1) is 20.4. The minimum absolute atomic E-state index is 0.244. The molecule has 1 saturated carbocycles. The summed E-state index contributed by atoms with van der Waals surface area (Å²) in [5, 5.41) is 9.98. The molecule has 0 radical (unpaired) electrons. The largest absolute Gasteiger partial charge is 0.416 e. The van der Waals surface area contributed by atoms with E-state index in [-0.39, 0.29) is 5.92 Å². The van der Waals surface area contributed by atoms with Crippen LogP contribution < -0.4 is 0 Å². The Bertz CT molecular complexity index is 804. The van der Waals surface area contributed by atoms with Gasteiger partial charge in [-0.05, 0) is 68.5 Å². The van der Waals surface area contributed by atoms with Crippen molar-refractivity contribution in [2.75, 3.05) is 13.6 Å². The van der Waals surface area contributed by atoms with Gasteiger partial charge in [0.25, 0.3) is 0 Å². The summed E-state index contributed by atoms with van der Waals surface area (Å²) in [7, 11) is 2.05. The molecule has 3 rings (SSSR count). The lowest BCUT2D eigenvalue weighted by atomic mass is 9.73. The number of alkyl halides is 3. The van der Waals surface area contributed by atoms with Gasteiger partial charge in [0.15, 0.2) is 0 Å². The molecule has 0 N–H and O–H groups in total. The van der Waals surface area contributed by atoms with Crippen LogP contribution in [0, 0.1) is 17.2 Å². The molecular formula is C23H25F3N2. The van der Waals surface area contributed by atoms with Crippen molar-refractivity contribution in [2.45, 2.75) is 43.8 Å². The van der Waals surface area contributed by atoms with E-state index >= 15 is 0 Å². The number of hydrogen-bond donors (Lipinski definition) is 0. The summed E-state index contributed by atoms with van der Waals surface area (Å²) in [6, 6.07) is 17.9. The third-order valence-corrected chi connectivity index (χ3v) is 5.61. The normalized spacial score (nSPS) is 16.6. The van der Waals surface area contributed by atoms with Crippen molar-refractivity contribution in [1.29, 1.82) is 5.26 Å². The zero-order valence-corrected chi connectivity index (χ0v) is 16.0. The number of rotatable bonds is 8. The standard InChI is InChI=1S/C23H25F3N2/c1-28(16-18-6-3-2-4-7-18)15-5-14-22(17-27,19-8-9-19)20-10-12-21(13-11-20)23(24,25)26/h2-4,6-7,10-13,19H,5,8-9,14-16H2,1H3. The first-order valence-electron chi connectivity index (χ1n) is 9.66. The number of halogens is 3. The zero-order valence-electron chi connectivity index (χ0n) is 16.0. The van der Waals surface area contributed by atoms with Gasteiger partial charge in [0, 0.05) is 6.54 Å². The summed E-state index contributed by atoms with van der Waals surface area (Å²) in [4.78, 5) is 2.22. The average molecular weight is 386 g/mol. The molecule has 2 aromatic rings. The van der Waals surface area contributed by atoms with E-state index in [0.717, 1.165) is 50.0 Å². The number of hydrogen-bond acceptors (Lipinski definition) is 2. The summed E-state index contributed by atoms with van der Waals surface area (Å²) >= 11 is 0. The summed E-state index contributed by atoms with van der Waals surface area (Å²) < 4.78 is 38.6. The minimum Gasteiger partial charge on any atom is -0.302 e. The van der Waals surface area contributed by atoms with Crippen molar-refractivity contribution in [1.82, 2.24) is 4.90 Å². The molecule has 5 heteroatoms. The van der Waals surface area contributed by atoms with Crippen molar-refractivity contribution in [3.05, 3.63) is 71.3 Å². The van der Waals surface area contributed by atoms with E-state index in [2.05, 4.69) is 30.1 Å². The van der Waals surface area contributed by atoms with Crippen molar-refractivity contribution < 1.29 is 13.2 Å². The Balaban J connectivity index is 1.66. The average Bonchev–Trinajstić information content (AvgIpc) is 3.51. The molecule has 0 saturated heterocycles. The summed E-state index contributed by atoms with van der Waals surface area (Å²) in [6.07, 6.45) is -0.927. The van der Waals surface area contributed by atoms with Crippen LogP contribution in [0.5, 0.6) is 0 Å². The molecule has 148 valence electrons. The van der Waals surface area contributed by atoms with Crippen LogP contribution in [0.4, 0.5) is 13.2 Å². The molecule has 0 aliphatic heterocycles. The van der Waals surface area contributed by atoms with Crippen LogP contribution in [-0.4, -0.2) is 18.5 Å². The molecule has 1 atom stereocenters. The van der Waals surface area contributed by atoms with Crippen LogP contribution in [0.2, 0.25) is 0 Å². The van der Waals surface area contributed by atoms with Gasteiger partial charge in [-0.1, -0.05) is 42.5 Å². The maximum Gasteiger partial charge on any atom is 0.416 e. The molecule has 1 aliphatic carbocycles. The fourth-order valence-corrected chi connectivity index (χ4v) is 3.93. The second-order valence-electron chi connectivity index (χ2n) is 7.76. The molecule has 0 amide bonds. The fraction of sp³-hybridized carbons (Fsp3) is 0.435. The van der Waals surface area contributed by atoms with Gasteiger partial charge in [-0.25, -0.2) is 0 Å². The second kappa shape index (κ2) is 8.36. The van der Waals surface area contributed by atoms with Gasteiger partial charge in [0.2, 0.25) is 0 Å². The first-order chi connectivity index (χ1) is 13.3. The smallest absolute Gasteiger partial charge is 0.302 e. The number of benzene rings is 2. The van der Waals surface area contributed by atoms with Crippen LogP contribution in [0.25, 0.3) is 0 Å². The molecule has 28 heavy (non-hydrogen) atoms. The minimum atomic E-state index is -4.35. The van der Waals surface area contributed by atoms with E-state index < -0.39 is 17.2 Å². The fourth-order valence-electron chi connectivity index (χ4n) is 3.93. The van der Waals surface area contributed by atoms with Gasteiger partial charge in [-0.15, -0.1) is 0 Å². The molecule has 2 nitrogen and oxygen atoms in total. The van der Waals surface area contributed by atoms with Crippen LogP contribution in [0.1, 0.15) is 42.4 Å². The molecule has 2 aromatic carbocycles. The monoisotopic (exact) mass is 386 g/mol. The molecule has 0 spiro atoms. The third kappa shape index (κ3) is 4.74. The predicted octanol–water partition coefficient (Wildman–Crippen LogP) is 5.79. The quantitative estimate of drug-likeness (QED) is 0.574. The summed E-state index contributed by atoms with van der Waals surface area (Å²) in [5.41, 5.74) is 0.608. The highest BCUT2D eigenvalue weighted by Crippen LogP contribution is 2.50. The highest BCUT2D eigenvalue weighted by atomic mass is 19.4. The first-order valence-corrected chi connectivity index (χ1v) is 9.66. The SMILES string of the molecule is CN(CCCC(C#N)(c1ccc(C(F)(F)F)cc1)C1CC1)Cc1ccccc1. The maximum absolute atomic E-state index is 12.9. The lowest BCUT2D eigenvalue weighted by Crippen LogP contribution is -2.29. The van der Waals surface area contributed by atoms with Gasteiger partial charge in [-0.2, -0.15) is 18.4 Å². The summed E-state index contributed by atoms with van der Waals surface area (Å²) in [6.45, 7) is 1.68. The van der Waals surface area contributed by atoms with Crippen LogP contribution in [-0.2, 0) is 18.1 Å². The Morgan fingerprint density at radius 1 is 1.00 bits per heavy atom. The second-order valence-corrected chi connectivity index (χ2v) is 7.76. The Morgan fingerprint density at radius 2 is 1.61 bits per heavy atom. The molecule has 0 heterocycles. The molecule has 1 aliphatic rings. The summed E-state index contributed by atoms with van der Waals surface area (Å²) in [5.74, 6) is 0.244. The van der Waals surface area contributed by atoms with Crippen LogP contribution in [0.15, 0.2) is 54.6 Å². The molecule has 0 bridgehead atoms. The lowest BCUT2D eigenvalue weighted by Gasteiger charge is -2.28. The molecular weight excluding hydrogens is 361 g/mol. The van der Waals surface area contributed by atoms with E-state index in [0.29, 0.717) is 6.42 Å². The third-order valence-electron chi connectivity index (χ3n) is 5.61. The van der Waals surface area contributed by atoms with Crippen molar-refractivity contribution in [2.24, 2.45) is 5.92 Å². The van der Waals surface area contributed by atoms with Gasteiger partial charge in [0.1, 0.15) is 0 Å². The van der Waals surface area contributed by atoms with E-state index in [9.17, 15) is 18.4 Å². The molecule has 0 aromatic heterocycles.